The fourth-order valence-corrected chi connectivity index (χ4v) is 4.06. The van der Waals surface area contributed by atoms with Gasteiger partial charge in [-0.05, 0) is 54.3 Å². The maximum Gasteiger partial charge on any atom is 0.317 e. The number of urea groups is 1. The molecule has 2 amide bonds. The molecule has 4 rings (SSSR count). The van der Waals surface area contributed by atoms with Crippen molar-refractivity contribution < 1.29 is 9.18 Å². The highest BCUT2D eigenvalue weighted by atomic mass is 35.5. The van der Waals surface area contributed by atoms with E-state index in [4.69, 9.17) is 11.6 Å². The monoisotopic (exact) mass is 433 g/mol. The molecule has 0 spiro atoms. The second-order valence-electron chi connectivity index (χ2n) is 7.74. The average molecular weight is 434 g/mol. The van der Waals surface area contributed by atoms with Crippen molar-refractivity contribution in [2.75, 3.05) is 37.6 Å². The summed E-state index contributed by atoms with van der Waals surface area (Å²) in [6, 6.07) is 0.0236. The quantitative estimate of drug-likeness (QED) is 0.558. The van der Waals surface area contributed by atoms with Crippen molar-refractivity contribution in [3.63, 3.8) is 0 Å². The lowest BCUT2D eigenvalue weighted by molar-refractivity contribution is 0.210. The van der Waals surface area contributed by atoms with Gasteiger partial charge in [-0.1, -0.05) is 31.7 Å². The molecule has 0 aromatic carbocycles. The van der Waals surface area contributed by atoms with Crippen LogP contribution in [0.3, 0.4) is 0 Å². The summed E-state index contributed by atoms with van der Waals surface area (Å²) in [6.07, 6.45) is 9.14. The van der Waals surface area contributed by atoms with Crippen LogP contribution in [0.1, 0.15) is 26.7 Å². The highest BCUT2D eigenvalue weighted by molar-refractivity contribution is 6.28. The summed E-state index contributed by atoms with van der Waals surface area (Å²) in [5.41, 5.74) is 2.58. The van der Waals surface area contributed by atoms with Gasteiger partial charge < -0.3 is 15.1 Å². The Balaban J connectivity index is 0.000000171. The second kappa shape index (κ2) is 10.1. The van der Waals surface area contributed by atoms with Crippen LogP contribution in [-0.2, 0) is 0 Å². The normalized spacial score (nSPS) is 22.1. The third-order valence-electron chi connectivity index (χ3n) is 5.65. The lowest BCUT2D eigenvalue weighted by atomic mass is 10.1. The van der Waals surface area contributed by atoms with Crippen molar-refractivity contribution in [2.24, 2.45) is 11.8 Å². The molecule has 1 N–H and O–H groups in total. The first-order chi connectivity index (χ1) is 14.5. The highest BCUT2D eigenvalue weighted by Crippen LogP contribution is 2.46. The molecule has 6 nitrogen and oxygen atoms in total. The van der Waals surface area contributed by atoms with E-state index in [0.29, 0.717) is 18.9 Å². The Kier molecular flexibility index (Phi) is 7.48. The predicted molar refractivity (Wildman–Crippen MR) is 118 cm³/mol. The molecule has 1 aromatic rings. The van der Waals surface area contributed by atoms with E-state index in [9.17, 15) is 9.18 Å². The van der Waals surface area contributed by atoms with Gasteiger partial charge in [0.25, 0.3) is 0 Å². The largest absolute Gasteiger partial charge is 0.353 e. The molecular formula is C22H29ClFN5O. The topological polar surface area (TPSA) is 61.4 Å². The lowest BCUT2D eigenvalue weighted by Crippen LogP contribution is -2.38. The van der Waals surface area contributed by atoms with Gasteiger partial charge in [-0.2, -0.15) is 4.98 Å². The van der Waals surface area contributed by atoms with E-state index in [1.54, 1.807) is 6.08 Å². The number of anilines is 1. The van der Waals surface area contributed by atoms with Crippen molar-refractivity contribution in [3.05, 3.63) is 53.3 Å². The molecule has 30 heavy (non-hydrogen) atoms. The van der Waals surface area contributed by atoms with Crippen LogP contribution in [0.25, 0.3) is 0 Å². The summed E-state index contributed by atoms with van der Waals surface area (Å²) >= 11 is 5.63. The summed E-state index contributed by atoms with van der Waals surface area (Å²) in [7, 11) is 0. The van der Waals surface area contributed by atoms with Crippen LogP contribution in [0, 0.1) is 17.7 Å². The number of amides is 2. The van der Waals surface area contributed by atoms with Gasteiger partial charge in [0.05, 0.1) is 6.20 Å². The summed E-state index contributed by atoms with van der Waals surface area (Å²) < 4.78 is 13.3. The van der Waals surface area contributed by atoms with Crippen LogP contribution in [0.4, 0.5) is 15.0 Å². The number of allylic oxidation sites excluding steroid dienone is 2. The van der Waals surface area contributed by atoms with E-state index in [1.807, 2.05) is 28.9 Å². The first-order valence-corrected chi connectivity index (χ1v) is 10.8. The Morgan fingerprint density at radius 1 is 1.37 bits per heavy atom. The van der Waals surface area contributed by atoms with Gasteiger partial charge in [-0.15, -0.1) is 0 Å². The molecule has 0 radical (unpaired) electrons. The fraction of sp³-hybridized carbons (Fsp3) is 0.500. The van der Waals surface area contributed by atoms with Crippen molar-refractivity contribution in [3.8, 4) is 0 Å². The molecule has 162 valence electrons. The van der Waals surface area contributed by atoms with E-state index < -0.39 is 0 Å². The fourth-order valence-electron chi connectivity index (χ4n) is 3.94. The number of rotatable bonds is 5. The van der Waals surface area contributed by atoms with E-state index in [-0.39, 0.29) is 17.1 Å². The average Bonchev–Trinajstić information content (AvgIpc) is 3.15. The zero-order valence-corrected chi connectivity index (χ0v) is 18.3. The molecule has 2 unspecified atom stereocenters. The molecule has 3 aliphatic rings. The van der Waals surface area contributed by atoms with Gasteiger partial charge in [0.15, 0.2) is 11.6 Å². The minimum Gasteiger partial charge on any atom is -0.353 e. The number of nitrogens with zero attached hydrogens (tertiary/aromatic N) is 4. The van der Waals surface area contributed by atoms with Crippen LogP contribution in [0.2, 0.25) is 5.28 Å². The van der Waals surface area contributed by atoms with Gasteiger partial charge in [0, 0.05) is 32.7 Å². The Labute approximate surface area is 182 Å². The number of carbonyl (C=O) groups is 1. The number of aromatic nitrogens is 2. The Bertz CT molecular complexity index is 846. The van der Waals surface area contributed by atoms with Crippen LogP contribution in [0.15, 0.2) is 42.2 Å². The van der Waals surface area contributed by atoms with E-state index in [2.05, 4.69) is 28.8 Å². The lowest BCUT2D eigenvalue weighted by Gasteiger charge is -2.18. The zero-order valence-electron chi connectivity index (χ0n) is 17.6. The Hall–Kier alpha value is -2.41. The number of nitrogens with one attached hydrogen (secondary N) is 1. The molecule has 1 saturated heterocycles. The van der Waals surface area contributed by atoms with Crippen molar-refractivity contribution in [1.82, 2.24) is 20.2 Å². The summed E-state index contributed by atoms with van der Waals surface area (Å²) in [6.45, 7) is 11.7. The molecule has 2 atom stereocenters. The highest BCUT2D eigenvalue weighted by Gasteiger charge is 2.46. The second-order valence-corrected chi connectivity index (χ2v) is 8.08. The van der Waals surface area contributed by atoms with E-state index in [1.165, 1.54) is 17.6 Å². The first kappa shape index (κ1) is 22.3. The molecule has 2 aliphatic heterocycles. The minimum absolute atomic E-state index is 0.0236. The Morgan fingerprint density at radius 2 is 2.10 bits per heavy atom. The van der Waals surface area contributed by atoms with Gasteiger partial charge >= 0.3 is 6.03 Å². The predicted octanol–water partition coefficient (Wildman–Crippen LogP) is 4.21. The molecular weight excluding hydrogens is 405 g/mol. The number of fused-ring (bicyclic) bond motifs is 1. The maximum absolute atomic E-state index is 13.3. The molecule has 0 bridgehead atoms. The number of hydrogen-bond acceptors (Lipinski definition) is 4. The van der Waals surface area contributed by atoms with Gasteiger partial charge in [0.1, 0.15) is 0 Å². The summed E-state index contributed by atoms with van der Waals surface area (Å²) in [5, 5.41) is 2.94. The van der Waals surface area contributed by atoms with Gasteiger partial charge in [0.2, 0.25) is 5.28 Å². The van der Waals surface area contributed by atoms with Crippen LogP contribution < -0.4 is 10.2 Å². The molecule has 2 fully saturated rings. The van der Waals surface area contributed by atoms with Gasteiger partial charge in [-0.3, -0.25) is 0 Å². The number of hydrogen-bond donors (Lipinski definition) is 1. The molecule has 3 heterocycles. The number of halogens is 2. The smallest absolute Gasteiger partial charge is 0.317 e. The minimum atomic E-state index is -0.379. The van der Waals surface area contributed by atoms with Crippen molar-refractivity contribution in [2.45, 2.75) is 26.7 Å². The van der Waals surface area contributed by atoms with Crippen molar-refractivity contribution in [1.29, 1.82) is 0 Å². The van der Waals surface area contributed by atoms with E-state index in [0.717, 1.165) is 44.1 Å². The maximum atomic E-state index is 13.3. The third-order valence-corrected chi connectivity index (χ3v) is 5.83. The standard InChI is InChI=1S/C13H20N2O.C9H9ClFN3/c1-4-7-8-12-10-15(9-11(12)5-2)13(16)14-6-3;10-9-12-2-7(11)8(13-9)14-3-5-1-6(5)4-14/h4,7-8H,1,5-6,9-10H2,2-3H3,(H,14,16);2,5-6H,1,3-4H2/b8-7-;. The van der Waals surface area contributed by atoms with Crippen molar-refractivity contribution >= 4 is 23.4 Å². The molecule has 1 saturated carbocycles. The Morgan fingerprint density at radius 3 is 2.73 bits per heavy atom. The zero-order chi connectivity index (χ0) is 21.7. The SMILES string of the molecule is C=C/C=C\C1=C(CC)CN(C(=O)NCC)C1.Fc1cnc(Cl)nc1N1CC2CC2C1. The summed E-state index contributed by atoms with van der Waals surface area (Å²) in [5.74, 6) is 1.49. The van der Waals surface area contributed by atoms with Crippen LogP contribution >= 0.6 is 11.6 Å². The van der Waals surface area contributed by atoms with Crippen LogP contribution in [-0.4, -0.2) is 53.6 Å². The van der Waals surface area contributed by atoms with Gasteiger partial charge in [-0.25, -0.2) is 14.2 Å². The number of piperidine rings is 1. The first-order valence-electron chi connectivity index (χ1n) is 10.4. The van der Waals surface area contributed by atoms with E-state index >= 15 is 0 Å². The number of carbonyl (C=O) groups excluding carboxylic acids is 1. The van der Waals surface area contributed by atoms with Crippen LogP contribution in [0.5, 0.6) is 0 Å². The molecule has 8 heteroatoms. The molecule has 1 aliphatic carbocycles. The third kappa shape index (κ3) is 5.39. The summed E-state index contributed by atoms with van der Waals surface area (Å²) in [4.78, 5) is 23.0. The molecule has 1 aromatic heterocycles.